The lowest BCUT2D eigenvalue weighted by Gasteiger charge is -1.94. The molecule has 1 aromatic heterocycles. The highest BCUT2D eigenvalue weighted by atomic mass is 32.1. The van der Waals surface area contributed by atoms with E-state index in [0.717, 1.165) is 21.8 Å². The molecule has 1 aromatic carbocycles. The maximum atomic E-state index is 11.0. The number of nitrogens with one attached hydrogen (secondary N) is 1. The lowest BCUT2D eigenvalue weighted by Crippen LogP contribution is -2.00. The predicted octanol–water partition coefficient (Wildman–Crippen LogP) is 2.68. The van der Waals surface area contributed by atoms with Gasteiger partial charge >= 0.3 is 5.97 Å². The molecule has 4 nitrogen and oxygen atoms in total. The van der Waals surface area contributed by atoms with Crippen LogP contribution < -0.4 is 5.32 Å². The number of amides is 1. The Morgan fingerprint density at radius 3 is 2.59 bits per heavy atom. The first-order chi connectivity index (χ1) is 8.22. The quantitative estimate of drug-likeness (QED) is 0.816. The summed E-state index contributed by atoms with van der Waals surface area (Å²) in [4.78, 5) is 22.3. The summed E-state index contributed by atoms with van der Waals surface area (Å²) in [6.45, 7) is 0. The first-order valence-electron chi connectivity index (χ1n) is 4.85. The fourth-order valence-corrected chi connectivity index (χ4v) is 2.43. The van der Waals surface area contributed by atoms with Crippen LogP contribution in [0.2, 0.25) is 0 Å². The average molecular weight is 247 g/mol. The van der Waals surface area contributed by atoms with E-state index in [-0.39, 0.29) is 4.88 Å². The molecule has 0 bridgehead atoms. The van der Waals surface area contributed by atoms with Gasteiger partial charge in [-0.25, -0.2) is 4.79 Å². The largest absolute Gasteiger partial charge is 0.477 e. The van der Waals surface area contributed by atoms with Crippen molar-refractivity contribution in [2.75, 3.05) is 5.32 Å². The van der Waals surface area contributed by atoms with Crippen LogP contribution in [-0.2, 0) is 4.79 Å². The zero-order chi connectivity index (χ0) is 12.3. The lowest BCUT2D eigenvalue weighted by atomic mass is 10.2. The highest BCUT2D eigenvalue weighted by molar-refractivity contribution is 7.18. The molecule has 1 amide bonds. The van der Waals surface area contributed by atoms with Crippen molar-refractivity contribution >= 4 is 29.4 Å². The molecule has 2 N–H and O–H groups in total. The third-order valence-electron chi connectivity index (χ3n) is 2.20. The third-order valence-corrected chi connectivity index (χ3v) is 3.37. The number of carboxylic acids is 1. The summed E-state index contributed by atoms with van der Waals surface area (Å²) in [5.74, 6) is -1.04. The minimum absolute atomic E-state index is 0.135. The van der Waals surface area contributed by atoms with E-state index in [1.54, 1.807) is 6.07 Å². The van der Waals surface area contributed by atoms with Crippen molar-refractivity contribution in [1.82, 2.24) is 0 Å². The predicted molar refractivity (Wildman–Crippen MR) is 66.4 cm³/mol. The molecule has 0 radical (unpaired) electrons. The first kappa shape index (κ1) is 11.3. The molecule has 86 valence electrons. The Kier molecular flexibility index (Phi) is 3.20. The van der Waals surface area contributed by atoms with Crippen LogP contribution in [0.3, 0.4) is 0 Å². The normalized spacial score (nSPS) is 9.88. The molecule has 5 heteroatoms. The highest BCUT2D eigenvalue weighted by Gasteiger charge is 2.15. The van der Waals surface area contributed by atoms with E-state index in [0.29, 0.717) is 12.1 Å². The Bertz CT molecular complexity index is 548. The number of thiophene rings is 1. The van der Waals surface area contributed by atoms with Crippen molar-refractivity contribution in [2.24, 2.45) is 0 Å². The van der Waals surface area contributed by atoms with Crippen LogP contribution in [0.4, 0.5) is 5.69 Å². The molecule has 0 aliphatic carbocycles. The molecule has 0 fully saturated rings. The van der Waals surface area contributed by atoms with Gasteiger partial charge in [0.25, 0.3) is 0 Å². The summed E-state index contributed by atoms with van der Waals surface area (Å²) in [5, 5.41) is 11.4. The number of aromatic carboxylic acids is 1. The molecule has 0 atom stereocenters. The third kappa shape index (κ3) is 2.34. The first-order valence-corrected chi connectivity index (χ1v) is 5.66. The molecule has 0 aliphatic rings. The fourth-order valence-electron chi connectivity index (χ4n) is 1.47. The monoisotopic (exact) mass is 247 g/mol. The van der Waals surface area contributed by atoms with Crippen LogP contribution in [-0.4, -0.2) is 17.5 Å². The molecule has 2 rings (SSSR count). The number of carbonyl (C=O) groups is 2. The van der Waals surface area contributed by atoms with Gasteiger partial charge in [-0.3, -0.25) is 4.79 Å². The maximum absolute atomic E-state index is 11.0. The van der Waals surface area contributed by atoms with E-state index in [9.17, 15) is 9.59 Å². The summed E-state index contributed by atoms with van der Waals surface area (Å²) < 4.78 is 0. The van der Waals surface area contributed by atoms with Crippen LogP contribution >= 0.6 is 11.3 Å². The zero-order valence-electron chi connectivity index (χ0n) is 8.71. The minimum atomic E-state index is -1.04. The van der Waals surface area contributed by atoms with Crippen LogP contribution in [0.15, 0.2) is 36.4 Å². The van der Waals surface area contributed by atoms with E-state index < -0.39 is 5.97 Å². The van der Waals surface area contributed by atoms with Crippen LogP contribution in [0.5, 0.6) is 0 Å². The van der Waals surface area contributed by atoms with Gasteiger partial charge in [-0.15, -0.1) is 11.3 Å². The summed E-state index contributed by atoms with van der Waals surface area (Å²) in [5.41, 5.74) is 1.26. The van der Waals surface area contributed by atoms with Gasteiger partial charge in [0.1, 0.15) is 4.88 Å². The van der Waals surface area contributed by atoms with Crippen LogP contribution in [0.1, 0.15) is 9.67 Å². The number of anilines is 1. The van der Waals surface area contributed by atoms with Gasteiger partial charge in [-0.1, -0.05) is 30.3 Å². The van der Waals surface area contributed by atoms with Gasteiger partial charge in [0.2, 0.25) is 6.41 Å². The molecule has 0 saturated heterocycles. The van der Waals surface area contributed by atoms with Crippen LogP contribution in [0.25, 0.3) is 10.4 Å². The second-order valence-electron chi connectivity index (χ2n) is 3.29. The Morgan fingerprint density at radius 2 is 2.00 bits per heavy atom. The zero-order valence-corrected chi connectivity index (χ0v) is 9.53. The molecule has 0 saturated carbocycles. The van der Waals surface area contributed by atoms with E-state index in [2.05, 4.69) is 5.32 Å². The topological polar surface area (TPSA) is 66.4 Å². The van der Waals surface area contributed by atoms with Gasteiger partial charge < -0.3 is 10.4 Å². The molecular weight excluding hydrogens is 238 g/mol. The summed E-state index contributed by atoms with van der Waals surface area (Å²) in [6.07, 6.45) is 0.475. The smallest absolute Gasteiger partial charge is 0.348 e. The second kappa shape index (κ2) is 4.80. The molecule has 17 heavy (non-hydrogen) atoms. The molecule has 0 unspecified atom stereocenters. The molecular formula is C12H9NO3S. The van der Waals surface area contributed by atoms with Gasteiger partial charge in [-0.05, 0) is 11.6 Å². The number of carbonyl (C=O) groups excluding carboxylic acids is 1. The summed E-state index contributed by atoms with van der Waals surface area (Å²) in [7, 11) is 0. The van der Waals surface area contributed by atoms with Crippen molar-refractivity contribution in [3.05, 3.63) is 41.3 Å². The summed E-state index contributed by atoms with van der Waals surface area (Å²) in [6, 6.07) is 11.1. The SMILES string of the molecule is O=CNc1cc(-c2ccccc2)sc1C(=O)O. The van der Waals surface area contributed by atoms with Crippen molar-refractivity contribution in [3.8, 4) is 10.4 Å². The van der Waals surface area contributed by atoms with Crippen molar-refractivity contribution in [2.45, 2.75) is 0 Å². The number of hydrogen-bond donors (Lipinski definition) is 2. The van der Waals surface area contributed by atoms with E-state index >= 15 is 0 Å². The highest BCUT2D eigenvalue weighted by Crippen LogP contribution is 2.34. The fraction of sp³-hybridized carbons (Fsp3) is 0. The Morgan fingerprint density at radius 1 is 1.29 bits per heavy atom. The molecule has 2 aromatic rings. The summed E-state index contributed by atoms with van der Waals surface area (Å²) >= 11 is 1.14. The van der Waals surface area contributed by atoms with Gasteiger partial charge in [0.15, 0.2) is 0 Å². The Labute approximate surface area is 102 Å². The van der Waals surface area contributed by atoms with Gasteiger partial charge in [0.05, 0.1) is 5.69 Å². The number of benzene rings is 1. The maximum Gasteiger partial charge on any atom is 0.348 e. The Balaban J connectivity index is 2.47. The minimum Gasteiger partial charge on any atom is -0.477 e. The van der Waals surface area contributed by atoms with Crippen LogP contribution in [0, 0.1) is 0 Å². The lowest BCUT2D eigenvalue weighted by molar-refractivity contribution is -0.105. The van der Waals surface area contributed by atoms with Crippen molar-refractivity contribution in [3.63, 3.8) is 0 Å². The van der Waals surface area contributed by atoms with Crippen molar-refractivity contribution < 1.29 is 14.7 Å². The second-order valence-corrected chi connectivity index (χ2v) is 4.34. The van der Waals surface area contributed by atoms with Crippen molar-refractivity contribution in [1.29, 1.82) is 0 Å². The van der Waals surface area contributed by atoms with E-state index in [1.165, 1.54) is 0 Å². The van der Waals surface area contributed by atoms with E-state index in [4.69, 9.17) is 5.11 Å². The Hall–Kier alpha value is -2.14. The number of carboxylic acid groups (broad SMARTS) is 1. The van der Waals surface area contributed by atoms with E-state index in [1.807, 2.05) is 30.3 Å². The number of hydrogen-bond acceptors (Lipinski definition) is 3. The standard InChI is InChI=1S/C12H9NO3S/c14-7-13-9-6-10(17-11(9)12(15)16)8-4-2-1-3-5-8/h1-7H,(H,13,14)(H,15,16). The molecule has 0 spiro atoms. The molecule has 0 aliphatic heterocycles. The van der Waals surface area contributed by atoms with Gasteiger partial charge in [0, 0.05) is 4.88 Å². The average Bonchev–Trinajstić information content (AvgIpc) is 2.75. The number of rotatable bonds is 4. The molecule has 1 heterocycles. The van der Waals surface area contributed by atoms with Gasteiger partial charge in [-0.2, -0.15) is 0 Å².